The third-order valence-corrected chi connectivity index (χ3v) is 7.74. The molecule has 1 N–H and O–H groups in total. The zero-order valence-electron chi connectivity index (χ0n) is 20.6. The normalized spacial score (nSPS) is 11.3. The van der Waals surface area contributed by atoms with Gasteiger partial charge in [0, 0.05) is 29.4 Å². The average molecular weight is 500 g/mol. The Morgan fingerprint density at radius 1 is 1.27 bits per heavy atom. The minimum absolute atomic E-state index is 0. The van der Waals surface area contributed by atoms with E-state index in [2.05, 4.69) is 23.6 Å². The van der Waals surface area contributed by atoms with Crippen molar-refractivity contribution in [2.75, 3.05) is 6.61 Å². The number of nitrogens with one attached hydrogen (secondary N) is 1. The molecule has 0 aliphatic rings. The quantitative estimate of drug-likeness (QED) is 0.341. The molecule has 3 rings (SSSR count). The van der Waals surface area contributed by atoms with Gasteiger partial charge in [-0.25, -0.2) is 22.9 Å². The van der Waals surface area contributed by atoms with Crippen LogP contribution >= 0.6 is 11.3 Å². The van der Waals surface area contributed by atoms with Crippen molar-refractivity contribution in [3.63, 3.8) is 0 Å². The number of ether oxygens (including phenoxy) is 1. The van der Waals surface area contributed by atoms with Gasteiger partial charge in [-0.1, -0.05) is 51.5 Å². The summed E-state index contributed by atoms with van der Waals surface area (Å²) in [4.78, 5) is 17.0. The van der Waals surface area contributed by atoms with E-state index in [1.54, 1.807) is 12.5 Å². The molecule has 1 amide bonds. The largest absolute Gasteiger partial charge is 1.00 e. The topological polar surface area (TPSA) is 90.3 Å². The maximum Gasteiger partial charge on any atom is 1.00 e. The van der Waals surface area contributed by atoms with Gasteiger partial charge in [-0.15, -0.1) is 11.3 Å². The van der Waals surface area contributed by atoms with Gasteiger partial charge in [0.05, 0.1) is 12.9 Å². The van der Waals surface area contributed by atoms with E-state index in [0.29, 0.717) is 24.4 Å². The second kappa shape index (κ2) is 12.7. The van der Waals surface area contributed by atoms with E-state index in [1.807, 2.05) is 48.0 Å². The van der Waals surface area contributed by atoms with Crippen LogP contribution in [-0.4, -0.2) is 30.7 Å². The van der Waals surface area contributed by atoms with E-state index in [4.69, 9.17) is 4.74 Å². The average Bonchev–Trinajstić information content (AvgIpc) is 3.38. The molecule has 0 fully saturated rings. The van der Waals surface area contributed by atoms with Gasteiger partial charge in [0.2, 0.25) is 0 Å². The Labute approximate surface area is 223 Å². The molecule has 0 aliphatic carbocycles. The maximum atomic E-state index is 13.0. The van der Waals surface area contributed by atoms with Crippen molar-refractivity contribution < 1.29 is 48.9 Å². The first-order valence-electron chi connectivity index (χ1n) is 10.7. The number of thiophene rings is 1. The number of unbranched alkanes of at least 4 members (excludes halogenated alkanes) is 1. The van der Waals surface area contributed by atoms with E-state index in [1.165, 1.54) is 11.3 Å². The summed E-state index contributed by atoms with van der Waals surface area (Å²) in [5.74, 6) is 0.376. The van der Waals surface area contributed by atoms with Crippen LogP contribution in [0.5, 0.6) is 0 Å². The minimum Gasteiger partial charge on any atom is -1.00 e. The summed E-state index contributed by atoms with van der Waals surface area (Å²) in [7, 11) is -4.06. The molecule has 0 unspecified atom stereocenters. The van der Waals surface area contributed by atoms with E-state index in [-0.39, 0.29) is 41.8 Å². The van der Waals surface area contributed by atoms with Crippen molar-refractivity contribution in [3.05, 3.63) is 59.5 Å². The number of aromatic nitrogens is 2. The van der Waals surface area contributed by atoms with Crippen LogP contribution in [0, 0.1) is 5.92 Å². The van der Waals surface area contributed by atoms with Gasteiger partial charge in [-0.2, -0.15) is 0 Å². The molecule has 0 aliphatic heterocycles. The number of hydrogen-bond donors (Lipinski definition) is 1. The summed E-state index contributed by atoms with van der Waals surface area (Å²) in [5.41, 5.74) is 2.45. The van der Waals surface area contributed by atoms with E-state index in [9.17, 15) is 13.2 Å². The molecule has 1 aromatic carbocycles. The van der Waals surface area contributed by atoms with Gasteiger partial charge < -0.3 is 10.7 Å². The Balaban J connectivity index is 0.00000289. The van der Waals surface area contributed by atoms with Crippen LogP contribution in [0.3, 0.4) is 0 Å². The summed E-state index contributed by atoms with van der Waals surface area (Å²) < 4.78 is 35.2. The van der Waals surface area contributed by atoms with Crippen molar-refractivity contribution in [3.8, 4) is 11.1 Å². The Morgan fingerprint density at radius 2 is 2.00 bits per heavy atom. The fourth-order valence-corrected chi connectivity index (χ4v) is 6.04. The summed E-state index contributed by atoms with van der Waals surface area (Å²) in [6.07, 6.45) is 6.72. The number of hydrogen-bond acceptors (Lipinski definition) is 6. The molecule has 33 heavy (non-hydrogen) atoms. The Bertz CT molecular complexity index is 1130. The molecule has 174 valence electrons. The van der Waals surface area contributed by atoms with Crippen LogP contribution in [0.2, 0.25) is 0 Å². The monoisotopic (exact) mass is 499 g/mol. The standard InChI is InChI=1S/C23H29N3O4S2.Na.H/c1-4-5-12-30-23(27)25-32(28,29)22-21(14-20(31-22)13-17(2)3)19-8-6-18(7-9-19)15-26-11-10-24-16-26;;/h6-11,14,16-17H,4-5,12-13,15H2,1-3H3,(H,25,27);;/q;+1;-1. The molecule has 0 saturated carbocycles. The summed E-state index contributed by atoms with van der Waals surface area (Å²) in [6, 6.07) is 9.67. The molecule has 2 heterocycles. The van der Waals surface area contributed by atoms with Crippen molar-refractivity contribution in [1.29, 1.82) is 0 Å². The van der Waals surface area contributed by atoms with Crippen molar-refractivity contribution in [2.45, 2.75) is 50.8 Å². The van der Waals surface area contributed by atoms with Crippen molar-refractivity contribution in [2.24, 2.45) is 5.92 Å². The first kappa shape index (κ1) is 27.6. The SMILES string of the molecule is CCCCOC(=O)NS(=O)(=O)c1sc(CC(C)C)cc1-c1ccc(Cn2ccnc2)cc1.[H-].[Na+]. The number of benzene rings is 1. The predicted molar refractivity (Wildman–Crippen MR) is 127 cm³/mol. The van der Waals surface area contributed by atoms with Crippen molar-refractivity contribution >= 4 is 27.5 Å². The van der Waals surface area contributed by atoms with Gasteiger partial charge in [0.1, 0.15) is 4.21 Å². The zero-order chi connectivity index (χ0) is 23.1. The smallest absolute Gasteiger partial charge is 1.00 e. The number of nitrogens with zero attached hydrogens (tertiary/aromatic N) is 2. The number of carbonyl (C=O) groups is 1. The molecular weight excluding hydrogens is 469 g/mol. The molecular formula is C23H30N3NaO4S2. The number of sulfonamides is 1. The molecule has 0 atom stereocenters. The second-order valence-electron chi connectivity index (χ2n) is 8.04. The fraction of sp³-hybridized carbons (Fsp3) is 0.391. The summed E-state index contributed by atoms with van der Waals surface area (Å²) in [6.45, 7) is 7.00. The first-order chi connectivity index (χ1) is 15.3. The summed E-state index contributed by atoms with van der Waals surface area (Å²) >= 11 is 1.20. The number of imidazole rings is 1. The van der Waals surface area contributed by atoms with Crippen LogP contribution in [0.1, 0.15) is 45.5 Å². The van der Waals surface area contributed by atoms with Crippen LogP contribution in [-0.2, 0) is 27.7 Å². The van der Waals surface area contributed by atoms with Gasteiger partial charge in [-0.05, 0) is 36.0 Å². The fourth-order valence-electron chi connectivity index (χ4n) is 3.20. The van der Waals surface area contributed by atoms with Gasteiger partial charge in [0.15, 0.2) is 0 Å². The Morgan fingerprint density at radius 3 is 2.61 bits per heavy atom. The number of amides is 1. The van der Waals surface area contributed by atoms with E-state index >= 15 is 0 Å². The van der Waals surface area contributed by atoms with Gasteiger partial charge in [-0.3, -0.25) is 0 Å². The predicted octanol–water partition coefficient (Wildman–Crippen LogP) is 2.19. The van der Waals surface area contributed by atoms with Crippen molar-refractivity contribution in [1.82, 2.24) is 14.3 Å². The van der Waals surface area contributed by atoms with E-state index < -0.39 is 16.1 Å². The third-order valence-electron chi connectivity index (χ3n) is 4.74. The molecule has 0 spiro atoms. The Kier molecular flexibility index (Phi) is 10.6. The van der Waals surface area contributed by atoms with E-state index in [0.717, 1.165) is 28.8 Å². The molecule has 10 heteroatoms. The molecule has 0 bridgehead atoms. The van der Waals surface area contributed by atoms with Gasteiger partial charge in [0.25, 0.3) is 10.0 Å². The minimum atomic E-state index is -4.06. The maximum absolute atomic E-state index is 13.0. The third kappa shape index (κ3) is 7.96. The second-order valence-corrected chi connectivity index (χ2v) is 11.1. The van der Waals surface area contributed by atoms with Crippen LogP contribution in [0.25, 0.3) is 11.1 Å². The van der Waals surface area contributed by atoms with Crippen LogP contribution in [0.4, 0.5) is 4.79 Å². The van der Waals surface area contributed by atoms with Crippen LogP contribution in [0.15, 0.2) is 53.3 Å². The number of rotatable bonds is 10. The molecule has 0 saturated heterocycles. The van der Waals surface area contributed by atoms with Gasteiger partial charge >= 0.3 is 35.7 Å². The van der Waals surface area contributed by atoms with Crippen LogP contribution < -0.4 is 34.3 Å². The number of carbonyl (C=O) groups excluding carboxylic acids is 1. The molecule has 3 aromatic rings. The molecule has 2 aromatic heterocycles. The molecule has 7 nitrogen and oxygen atoms in total. The Hall–Kier alpha value is -1.65. The molecule has 0 radical (unpaired) electrons. The zero-order valence-corrected chi connectivity index (χ0v) is 23.2. The summed E-state index contributed by atoms with van der Waals surface area (Å²) in [5, 5.41) is 0. The first-order valence-corrected chi connectivity index (χ1v) is 13.0.